The first kappa shape index (κ1) is 22.6. The molecule has 1 amide bonds. The lowest BCUT2D eigenvalue weighted by Gasteiger charge is -2.41. The Hall–Kier alpha value is -3.23. The quantitative estimate of drug-likeness (QED) is 0.494. The van der Waals surface area contributed by atoms with Crippen LogP contribution in [0.1, 0.15) is 62.2 Å². The van der Waals surface area contributed by atoms with Gasteiger partial charge >= 0.3 is 0 Å². The van der Waals surface area contributed by atoms with E-state index < -0.39 is 46.7 Å². The van der Waals surface area contributed by atoms with Gasteiger partial charge in [-0.2, -0.15) is 0 Å². The van der Waals surface area contributed by atoms with Crippen LogP contribution >= 0.6 is 0 Å². The van der Waals surface area contributed by atoms with Gasteiger partial charge in [-0.1, -0.05) is 0 Å². The van der Waals surface area contributed by atoms with Gasteiger partial charge in [0.2, 0.25) is 5.91 Å². The minimum absolute atomic E-state index is 0.123. The van der Waals surface area contributed by atoms with E-state index in [0.29, 0.717) is 12.0 Å². The van der Waals surface area contributed by atoms with Crippen LogP contribution in [0.3, 0.4) is 0 Å². The summed E-state index contributed by atoms with van der Waals surface area (Å²) in [5.41, 5.74) is -1.34. The van der Waals surface area contributed by atoms with E-state index in [0.717, 1.165) is 44.0 Å². The Morgan fingerprint density at radius 2 is 1.97 bits per heavy atom. The van der Waals surface area contributed by atoms with Gasteiger partial charge in [-0.3, -0.25) is 14.6 Å². The number of fused-ring (bicyclic) bond motifs is 2. The van der Waals surface area contributed by atoms with E-state index in [1.54, 1.807) is 0 Å². The fourth-order valence-electron chi connectivity index (χ4n) is 5.79. The van der Waals surface area contributed by atoms with E-state index in [4.69, 9.17) is 0 Å². The molecule has 9 heteroatoms. The second-order valence-electron chi connectivity index (χ2n) is 9.69. The number of benzene rings is 1. The number of amides is 1. The van der Waals surface area contributed by atoms with Gasteiger partial charge in [0.15, 0.2) is 0 Å². The molecule has 0 unspecified atom stereocenters. The molecule has 2 aromatic heterocycles. The van der Waals surface area contributed by atoms with Crippen LogP contribution in [-0.4, -0.2) is 15.9 Å². The summed E-state index contributed by atoms with van der Waals surface area (Å²) in [6.45, 7) is 1.47. The highest BCUT2D eigenvalue weighted by Crippen LogP contribution is 2.62. The molecule has 3 aliphatic rings. The highest BCUT2D eigenvalue weighted by Gasteiger charge is 2.52. The number of halogens is 4. The number of carbonyl (C=O) groups excluding carboxylic acids is 1. The Balaban J connectivity index is 1.53. The molecular weight excluding hydrogens is 450 g/mol. The molecule has 0 radical (unpaired) electrons. The molecule has 2 N–H and O–H groups in total. The van der Waals surface area contributed by atoms with Gasteiger partial charge < -0.3 is 10.3 Å². The maximum atomic E-state index is 15.6. The average Bonchev–Trinajstić information content (AvgIpc) is 3.34. The van der Waals surface area contributed by atoms with Gasteiger partial charge in [0.25, 0.3) is 5.56 Å². The van der Waals surface area contributed by atoms with E-state index in [2.05, 4.69) is 15.3 Å². The molecule has 2 bridgehead atoms. The van der Waals surface area contributed by atoms with Gasteiger partial charge in [0.05, 0.1) is 34.9 Å². The molecule has 6 rings (SSSR count). The molecule has 2 heterocycles. The fourth-order valence-corrected chi connectivity index (χ4v) is 5.79. The maximum absolute atomic E-state index is 15.6. The SMILES string of the molecule is C[C@H](NC(=O)[C@@H](CC12CCC(C1)C2)c1c(F)c2cc(F)ccc2[nH]c1=O)c1ncc(F)cc1F. The van der Waals surface area contributed by atoms with Crippen LogP contribution in [0.2, 0.25) is 0 Å². The summed E-state index contributed by atoms with van der Waals surface area (Å²) < 4.78 is 56.9. The van der Waals surface area contributed by atoms with Crippen LogP contribution in [0, 0.1) is 34.6 Å². The molecule has 0 saturated heterocycles. The van der Waals surface area contributed by atoms with E-state index in [1.165, 1.54) is 13.0 Å². The van der Waals surface area contributed by atoms with E-state index in [9.17, 15) is 22.8 Å². The van der Waals surface area contributed by atoms with Gasteiger partial charge in [-0.05, 0) is 68.6 Å². The van der Waals surface area contributed by atoms with Crippen molar-refractivity contribution in [1.29, 1.82) is 0 Å². The standard InChI is InChI=1S/C25H23F4N3O2/c1-12(22-18(28)7-15(27)11-30-22)31-23(33)17(10-25-5-4-13(8-25)9-25)20-21(29)16-6-14(26)2-3-19(16)32-24(20)34/h2-3,6-7,11-13,17H,4-5,8-10H2,1H3,(H,31,33)(H,32,34)/t12-,13?,17-,25?/m0/s1. The zero-order valence-corrected chi connectivity index (χ0v) is 18.4. The second-order valence-corrected chi connectivity index (χ2v) is 9.69. The van der Waals surface area contributed by atoms with Crippen LogP contribution in [0.4, 0.5) is 17.6 Å². The molecule has 5 nitrogen and oxygen atoms in total. The van der Waals surface area contributed by atoms with Gasteiger partial charge in [-0.15, -0.1) is 0 Å². The van der Waals surface area contributed by atoms with Crippen molar-refractivity contribution in [3.05, 3.63) is 75.3 Å². The molecule has 3 aliphatic carbocycles. The third kappa shape index (κ3) is 3.86. The van der Waals surface area contributed by atoms with Crippen molar-refractivity contribution in [2.24, 2.45) is 11.3 Å². The summed E-state index contributed by atoms with van der Waals surface area (Å²) in [5, 5.41) is 2.50. The van der Waals surface area contributed by atoms with Crippen LogP contribution in [0.5, 0.6) is 0 Å². The summed E-state index contributed by atoms with van der Waals surface area (Å²) in [6, 6.07) is 3.07. The van der Waals surface area contributed by atoms with Gasteiger partial charge in [0, 0.05) is 11.5 Å². The number of nitrogens with one attached hydrogen (secondary N) is 2. The monoisotopic (exact) mass is 473 g/mol. The molecular formula is C25H23F4N3O2. The first-order valence-electron chi connectivity index (χ1n) is 11.3. The molecule has 178 valence electrons. The number of carbonyl (C=O) groups is 1. The molecule has 1 aromatic carbocycles. The number of H-pyrrole nitrogens is 1. The maximum Gasteiger partial charge on any atom is 0.255 e. The third-order valence-corrected chi connectivity index (χ3v) is 7.38. The smallest absolute Gasteiger partial charge is 0.255 e. The van der Waals surface area contributed by atoms with Gasteiger partial charge in [-0.25, -0.2) is 17.6 Å². The van der Waals surface area contributed by atoms with Crippen molar-refractivity contribution >= 4 is 16.8 Å². The number of aromatic nitrogens is 2. The summed E-state index contributed by atoms with van der Waals surface area (Å²) in [7, 11) is 0. The van der Waals surface area contributed by atoms with Crippen molar-refractivity contribution in [3.63, 3.8) is 0 Å². The molecule has 3 fully saturated rings. The summed E-state index contributed by atoms with van der Waals surface area (Å²) >= 11 is 0. The van der Waals surface area contributed by atoms with Crippen LogP contribution in [0.25, 0.3) is 10.9 Å². The number of rotatable bonds is 6. The Labute approximate surface area is 192 Å². The lowest BCUT2D eigenvalue weighted by atomic mass is 9.64. The highest BCUT2D eigenvalue weighted by molar-refractivity contribution is 5.87. The Morgan fingerprint density at radius 3 is 2.65 bits per heavy atom. The minimum atomic E-state index is -1.17. The van der Waals surface area contributed by atoms with Crippen LogP contribution < -0.4 is 10.9 Å². The number of nitrogens with zero attached hydrogens (tertiary/aromatic N) is 1. The summed E-state index contributed by atoms with van der Waals surface area (Å²) in [6.07, 6.45) is 4.81. The number of hydrogen-bond donors (Lipinski definition) is 2. The highest BCUT2D eigenvalue weighted by atomic mass is 19.1. The predicted octanol–water partition coefficient (Wildman–Crippen LogP) is 5.02. The van der Waals surface area contributed by atoms with Crippen molar-refractivity contribution in [3.8, 4) is 0 Å². The topological polar surface area (TPSA) is 74.8 Å². The second kappa shape index (κ2) is 8.21. The van der Waals surface area contributed by atoms with Gasteiger partial charge in [0.1, 0.15) is 23.3 Å². The zero-order chi connectivity index (χ0) is 24.2. The fraction of sp³-hybridized carbons (Fsp3) is 0.400. The predicted molar refractivity (Wildman–Crippen MR) is 117 cm³/mol. The van der Waals surface area contributed by atoms with Crippen molar-refractivity contribution < 1.29 is 22.4 Å². The minimum Gasteiger partial charge on any atom is -0.347 e. The van der Waals surface area contributed by atoms with E-state index >= 15 is 4.39 Å². The Kier molecular flexibility index (Phi) is 5.45. The normalized spacial score (nSPS) is 22.9. The van der Waals surface area contributed by atoms with Crippen molar-refractivity contribution in [1.82, 2.24) is 15.3 Å². The Bertz CT molecular complexity index is 1340. The number of hydrogen-bond acceptors (Lipinski definition) is 3. The van der Waals surface area contributed by atoms with Crippen molar-refractivity contribution in [2.75, 3.05) is 0 Å². The Morgan fingerprint density at radius 1 is 1.21 bits per heavy atom. The number of aromatic amines is 1. The van der Waals surface area contributed by atoms with Crippen LogP contribution in [-0.2, 0) is 4.79 Å². The molecule has 0 aliphatic heterocycles. The molecule has 0 spiro atoms. The average molecular weight is 473 g/mol. The number of pyridine rings is 2. The first-order chi connectivity index (χ1) is 16.2. The lowest BCUT2D eigenvalue weighted by Crippen LogP contribution is -2.40. The van der Waals surface area contributed by atoms with E-state index in [1.807, 2.05) is 0 Å². The van der Waals surface area contributed by atoms with Crippen LogP contribution in [0.15, 0.2) is 35.3 Å². The largest absolute Gasteiger partial charge is 0.347 e. The zero-order valence-electron chi connectivity index (χ0n) is 18.4. The molecule has 34 heavy (non-hydrogen) atoms. The molecule has 2 atom stereocenters. The summed E-state index contributed by atoms with van der Waals surface area (Å²) in [5.74, 6) is -4.64. The van der Waals surface area contributed by atoms with Crippen molar-refractivity contribution in [2.45, 2.75) is 51.0 Å². The van der Waals surface area contributed by atoms with E-state index in [-0.39, 0.29) is 34.0 Å². The summed E-state index contributed by atoms with van der Waals surface area (Å²) in [4.78, 5) is 32.7. The molecule has 3 aromatic rings. The lowest BCUT2D eigenvalue weighted by molar-refractivity contribution is -0.124. The first-order valence-corrected chi connectivity index (χ1v) is 11.3. The third-order valence-electron chi connectivity index (χ3n) is 7.38. The molecule has 3 saturated carbocycles.